The van der Waals surface area contributed by atoms with E-state index in [9.17, 15) is 9.59 Å². The Hall–Kier alpha value is -4.87. The molecule has 246 valence electrons. The molecule has 1 atom stereocenters. The number of hydrogen-bond donors (Lipinski definition) is 0. The van der Waals surface area contributed by atoms with E-state index in [0.717, 1.165) is 20.8 Å². The van der Waals surface area contributed by atoms with Crippen LogP contribution in [0.15, 0.2) is 98.8 Å². The van der Waals surface area contributed by atoms with Crippen molar-refractivity contribution < 1.29 is 28.5 Å². The normalized spacial score (nSPS) is 14.1. The molecule has 5 aromatic rings. The fourth-order valence-corrected chi connectivity index (χ4v) is 7.11. The molecule has 0 amide bonds. The number of aromatic nitrogens is 1. The number of benzene rings is 4. The first-order valence-electron chi connectivity index (χ1n) is 15.3. The predicted molar refractivity (Wildman–Crippen MR) is 189 cm³/mol. The Morgan fingerprint density at radius 3 is 2.48 bits per heavy atom. The molecule has 6 rings (SSSR count). The van der Waals surface area contributed by atoms with E-state index in [-0.39, 0.29) is 17.7 Å². The van der Waals surface area contributed by atoms with Gasteiger partial charge in [-0.3, -0.25) is 9.36 Å². The molecule has 0 bridgehead atoms. The molecule has 0 N–H and O–H groups in total. The van der Waals surface area contributed by atoms with Crippen LogP contribution in [-0.2, 0) is 16.1 Å². The molecule has 4 aromatic carbocycles. The van der Waals surface area contributed by atoms with E-state index in [1.807, 2.05) is 56.3 Å². The molecule has 11 heteroatoms. The average Bonchev–Trinajstić information content (AvgIpc) is 3.42. The summed E-state index contributed by atoms with van der Waals surface area (Å²) in [6.07, 6.45) is 3.22. The zero-order valence-corrected chi connectivity index (χ0v) is 29.2. The molecule has 0 unspecified atom stereocenters. The van der Waals surface area contributed by atoms with Crippen molar-refractivity contribution in [2.24, 2.45) is 4.99 Å². The molecular weight excluding hydrogens is 696 g/mol. The van der Waals surface area contributed by atoms with Crippen LogP contribution in [0.25, 0.3) is 16.8 Å². The number of nitrogens with zero attached hydrogens (tertiary/aromatic N) is 2. The van der Waals surface area contributed by atoms with Crippen LogP contribution < -0.4 is 33.8 Å². The lowest BCUT2D eigenvalue weighted by Gasteiger charge is -2.23. The molecule has 0 saturated carbocycles. The van der Waals surface area contributed by atoms with E-state index >= 15 is 0 Å². The van der Waals surface area contributed by atoms with Gasteiger partial charge in [-0.05, 0) is 66.1 Å². The van der Waals surface area contributed by atoms with Gasteiger partial charge in [0.2, 0.25) is 0 Å². The molecule has 0 saturated heterocycles. The van der Waals surface area contributed by atoms with Crippen molar-refractivity contribution in [1.82, 2.24) is 4.57 Å². The number of carbonyl (C=O) groups excluding carboxylic acids is 1. The van der Waals surface area contributed by atoms with Gasteiger partial charge in [-0.25, -0.2) is 9.79 Å². The Labute approximate surface area is 289 Å². The lowest BCUT2D eigenvalue weighted by Crippen LogP contribution is -2.39. The van der Waals surface area contributed by atoms with Crippen LogP contribution in [-0.4, -0.2) is 38.0 Å². The summed E-state index contributed by atoms with van der Waals surface area (Å²) < 4.78 is 31.5. The van der Waals surface area contributed by atoms with Crippen LogP contribution in [0.1, 0.15) is 36.6 Å². The molecule has 2 heterocycles. The van der Waals surface area contributed by atoms with Crippen LogP contribution in [0.2, 0.25) is 0 Å². The van der Waals surface area contributed by atoms with Crippen LogP contribution in [0.4, 0.5) is 0 Å². The van der Waals surface area contributed by atoms with Gasteiger partial charge < -0.3 is 23.7 Å². The fourth-order valence-electron chi connectivity index (χ4n) is 5.70. The molecule has 1 aromatic heterocycles. The van der Waals surface area contributed by atoms with Gasteiger partial charge in [0.15, 0.2) is 27.8 Å². The summed E-state index contributed by atoms with van der Waals surface area (Å²) >= 11 is 4.79. The monoisotopic (exact) mass is 728 g/mol. The second-order valence-corrected chi connectivity index (χ2v) is 12.6. The van der Waals surface area contributed by atoms with Crippen LogP contribution in [0.3, 0.4) is 0 Å². The quantitative estimate of drug-likeness (QED) is 0.147. The summed E-state index contributed by atoms with van der Waals surface area (Å²) in [6.45, 7) is 4.91. The number of hydrogen-bond acceptors (Lipinski definition) is 9. The Kier molecular flexibility index (Phi) is 9.98. The van der Waals surface area contributed by atoms with E-state index in [0.29, 0.717) is 56.7 Å². The van der Waals surface area contributed by atoms with Crippen LogP contribution in [0.5, 0.6) is 23.0 Å². The summed E-state index contributed by atoms with van der Waals surface area (Å²) in [4.78, 5) is 32.2. The van der Waals surface area contributed by atoms with Crippen molar-refractivity contribution in [3.8, 4) is 23.0 Å². The maximum atomic E-state index is 14.3. The first-order valence-corrected chi connectivity index (χ1v) is 16.9. The van der Waals surface area contributed by atoms with Crippen molar-refractivity contribution in [2.75, 3.05) is 27.4 Å². The summed E-state index contributed by atoms with van der Waals surface area (Å²) in [5.74, 6) is 1.48. The van der Waals surface area contributed by atoms with Gasteiger partial charge in [0, 0.05) is 16.2 Å². The van der Waals surface area contributed by atoms with Gasteiger partial charge in [-0.15, -0.1) is 0 Å². The van der Waals surface area contributed by atoms with Gasteiger partial charge in [0.05, 0.1) is 43.6 Å². The number of thiazole rings is 1. The average molecular weight is 730 g/mol. The molecule has 0 spiro atoms. The Morgan fingerprint density at radius 1 is 0.938 bits per heavy atom. The van der Waals surface area contributed by atoms with Gasteiger partial charge in [0.1, 0.15) is 6.61 Å². The van der Waals surface area contributed by atoms with Crippen molar-refractivity contribution in [2.45, 2.75) is 26.5 Å². The van der Waals surface area contributed by atoms with Crippen LogP contribution >= 0.6 is 27.3 Å². The molecule has 0 aliphatic carbocycles. The second kappa shape index (κ2) is 14.5. The highest BCUT2D eigenvalue weighted by Crippen LogP contribution is 2.37. The minimum absolute atomic E-state index is 0.214. The number of esters is 1. The molecule has 9 nitrogen and oxygen atoms in total. The highest BCUT2D eigenvalue weighted by molar-refractivity contribution is 9.10. The van der Waals surface area contributed by atoms with Crippen molar-refractivity contribution in [3.63, 3.8) is 0 Å². The highest BCUT2D eigenvalue weighted by atomic mass is 79.9. The van der Waals surface area contributed by atoms with Crippen molar-refractivity contribution in [1.29, 1.82) is 0 Å². The molecule has 0 fully saturated rings. The maximum Gasteiger partial charge on any atom is 0.337 e. The first kappa shape index (κ1) is 33.0. The van der Waals surface area contributed by atoms with Crippen LogP contribution in [0, 0.1) is 0 Å². The van der Waals surface area contributed by atoms with E-state index in [4.69, 9.17) is 23.7 Å². The molecule has 1 aliphatic heterocycles. The number of rotatable bonds is 11. The first-order chi connectivity index (χ1) is 23.4. The molecule has 0 radical (unpaired) electrons. The smallest absolute Gasteiger partial charge is 0.337 e. The standard InChI is InChI=1S/C37H33BrN2O7S/c1-5-45-29-15-14-23(17-30(29)46-6-2)33-28(36(42)44-4)20-39-37-40(33)35(41)32(48-37)18-25-16-26(38)19-31(43-3)34(25)47-21-24-12-9-11-22-10-7-8-13-27(22)24/h7-20,33H,5-6,21H2,1-4H3/b32-18+/t33-/m1/s1. The minimum atomic E-state index is -0.815. The van der Waals surface area contributed by atoms with Crippen molar-refractivity contribution in [3.05, 3.63) is 125 Å². The van der Waals surface area contributed by atoms with E-state index in [1.165, 1.54) is 29.2 Å². The van der Waals surface area contributed by atoms with Gasteiger partial charge in [-0.2, -0.15) is 0 Å². The molecule has 1 aliphatic rings. The Balaban J connectivity index is 1.47. The van der Waals surface area contributed by atoms with E-state index < -0.39 is 12.0 Å². The summed E-state index contributed by atoms with van der Waals surface area (Å²) in [5, 5.41) is 2.21. The number of fused-ring (bicyclic) bond motifs is 2. The third kappa shape index (κ3) is 6.48. The zero-order chi connectivity index (χ0) is 33.8. The van der Waals surface area contributed by atoms with E-state index in [1.54, 1.807) is 25.3 Å². The Bertz CT molecular complexity index is 2220. The SMILES string of the molecule is CCOc1ccc([C@@H]2C(C(=O)OC)=CN=c3s/c(=C/c4cc(Br)cc(OC)c4OCc4cccc5ccccc45)c(=O)n32)cc1OCC. The summed E-state index contributed by atoms with van der Waals surface area (Å²) in [6, 6.07) is 22.5. The van der Waals surface area contributed by atoms with Crippen molar-refractivity contribution >= 4 is 50.1 Å². The maximum absolute atomic E-state index is 14.3. The third-order valence-corrected chi connectivity index (χ3v) is 9.27. The Morgan fingerprint density at radius 2 is 1.71 bits per heavy atom. The van der Waals surface area contributed by atoms with Gasteiger partial charge in [0.25, 0.3) is 5.56 Å². The topological polar surface area (TPSA) is 97.6 Å². The number of halogens is 1. The number of carbonyl (C=O) groups is 1. The van der Waals surface area contributed by atoms with E-state index in [2.05, 4.69) is 39.1 Å². The molecular formula is C37H33BrN2O7S. The fraction of sp³-hybridized carbons (Fsp3) is 0.216. The summed E-state index contributed by atoms with van der Waals surface area (Å²) in [7, 11) is 2.88. The largest absolute Gasteiger partial charge is 0.493 e. The van der Waals surface area contributed by atoms with Gasteiger partial charge in [-0.1, -0.05) is 75.8 Å². The minimum Gasteiger partial charge on any atom is -0.493 e. The second-order valence-electron chi connectivity index (χ2n) is 10.7. The molecule has 48 heavy (non-hydrogen) atoms. The predicted octanol–water partition coefficient (Wildman–Crippen LogP) is 6.32. The lowest BCUT2D eigenvalue weighted by atomic mass is 9.97. The zero-order valence-electron chi connectivity index (χ0n) is 26.8. The summed E-state index contributed by atoms with van der Waals surface area (Å²) in [5.41, 5.74) is 2.18. The number of methoxy groups -OCH3 is 2. The number of ether oxygens (including phenoxy) is 5. The lowest BCUT2D eigenvalue weighted by molar-refractivity contribution is -0.136. The third-order valence-electron chi connectivity index (χ3n) is 7.81. The highest BCUT2D eigenvalue weighted by Gasteiger charge is 2.31. The van der Waals surface area contributed by atoms with Gasteiger partial charge >= 0.3 is 5.97 Å².